The number of hydrogen-bond donors (Lipinski definition) is 1. The lowest BCUT2D eigenvalue weighted by Crippen LogP contribution is -2.15. The molecule has 5 heteroatoms. The van der Waals surface area contributed by atoms with Crippen LogP contribution in [0.5, 0.6) is 0 Å². The van der Waals surface area contributed by atoms with Gasteiger partial charge in [-0.3, -0.25) is 4.79 Å². The minimum Gasteiger partial charge on any atom is -0.324 e. The summed E-state index contributed by atoms with van der Waals surface area (Å²) in [5.41, 5.74) is 1.20. The van der Waals surface area contributed by atoms with Crippen molar-refractivity contribution in [2.24, 2.45) is 0 Å². The van der Waals surface area contributed by atoms with Crippen LogP contribution in [0.3, 0.4) is 0 Å². The van der Waals surface area contributed by atoms with E-state index in [1.54, 1.807) is 23.0 Å². The SMILES string of the molecule is O=C1Cn2ccnc2-c2cc(F)ccc2N1. The lowest BCUT2D eigenvalue weighted by molar-refractivity contribution is -0.116. The zero-order valence-corrected chi connectivity index (χ0v) is 8.27. The second-order valence-corrected chi connectivity index (χ2v) is 3.62. The first-order valence-electron chi connectivity index (χ1n) is 4.85. The van der Waals surface area contributed by atoms with Crippen LogP contribution in [0.4, 0.5) is 10.1 Å². The standard InChI is InChI=1S/C11H8FN3O/c12-7-1-2-9-8(5-7)11-13-3-4-15(11)6-10(16)14-9/h1-5H,6H2,(H,14,16). The first-order chi connectivity index (χ1) is 7.74. The van der Waals surface area contributed by atoms with Crippen LogP contribution in [-0.2, 0) is 11.3 Å². The van der Waals surface area contributed by atoms with Crippen molar-refractivity contribution in [1.29, 1.82) is 0 Å². The van der Waals surface area contributed by atoms with E-state index >= 15 is 0 Å². The number of rotatable bonds is 0. The molecular weight excluding hydrogens is 209 g/mol. The summed E-state index contributed by atoms with van der Waals surface area (Å²) in [6.07, 6.45) is 3.30. The molecule has 0 saturated heterocycles. The summed E-state index contributed by atoms with van der Waals surface area (Å²) in [5.74, 6) is 0.127. The molecule has 1 aliphatic rings. The van der Waals surface area contributed by atoms with Gasteiger partial charge in [0, 0.05) is 18.0 Å². The summed E-state index contributed by atoms with van der Waals surface area (Å²) in [6.45, 7) is 0.200. The first-order valence-corrected chi connectivity index (χ1v) is 4.85. The Morgan fingerprint density at radius 1 is 1.44 bits per heavy atom. The molecule has 0 aliphatic carbocycles. The van der Waals surface area contributed by atoms with Crippen LogP contribution in [-0.4, -0.2) is 15.5 Å². The average Bonchev–Trinajstić information content (AvgIpc) is 2.64. The average molecular weight is 217 g/mol. The van der Waals surface area contributed by atoms with Crippen LogP contribution in [0, 0.1) is 5.82 Å². The lowest BCUT2D eigenvalue weighted by atomic mass is 10.1. The van der Waals surface area contributed by atoms with Gasteiger partial charge in [0.25, 0.3) is 0 Å². The second-order valence-electron chi connectivity index (χ2n) is 3.62. The van der Waals surface area contributed by atoms with E-state index in [4.69, 9.17) is 0 Å². The number of imidazole rings is 1. The molecule has 80 valence electrons. The topological polar surface area (TPSA) is 46.9 Å². The van der Waals surface area contributed by atoms with Crippen LogP contribution in [0.25, 0.3) is 11.4 Å². The molecular formula is C11H8FN3O. The molecule has 0 unspecified atom stereocenters. The van der Waals surface area contributed by atoms with Crippen LogP contribution >= 0.6 is 0 Å². The zero-order chi connectivity index (χ0) is 11.1. The number of carbonyl (C=O) groups excluding carboxylic acids is 1. The minimum absolute atomic E-state index is 0.135. The van der Waals surface area contributed by atoms with Gasteiger partial charge in [0.15, 0.2) is 0 Å². The highest BCUT2D eigenvalue weighted by Gasteiger charge is 2.19. The highest BCUT2D eigenvalue weighted by molar-refractivity contribution is 5.96. The molecule has 1 amide bonds. The van der Waals surface area contributed by atoms with Crippen molar-refractivity contribution in [3.8, 4) is 11.4 Å². The number of anilines is 1. The number of carbonyl (C=O) groups is 1. The quantitative estimate of drug-likeness (QED) is 0.729. The molecule has 2 heterocycles. The molecule has 0 atom stereocenters. The third-order valence-corrected chi connectivity index (χ3v) is 2.53. The number of amides is 1. The van der Waals surface area contributed by atoms with Crippen LogP contribution < -0.4 is 5.32 Å². The lowest BCUT2D eigenvalue weighted by Gasteiger charge is -2.05. The Bertz CT molecular complexity index is 576. The normalized spacial score (nSPS) is 13.7. The third-order valence-electron chi connectivity index (χ3n) is 2.53. The molecule has 1 aliphatic heterocycles. The summed E-state index contributed by atoms with van der Waals surface area (Å²) < 4.78 is 14.9. The highest BCUT2D eigenvalue weighted by Crippen LogP contribution is 2.29. The molecule has 1 aromatic heterocycles. The summed E-state index contributed by atoms with van der Waals surface area (Å²) >= 11 is 0. The van der Waals surface area contributed by atoms with E-state index in [0.29, 0.717) is 17.1 Å². The van der Waals surface area contributed by atoms with E-state index in [-0.39, 0.29) is 18.3 Å². The summed E-state index contributed by atoms with van der Waals surface area (Å²) in [7, 11) is 0. The molecule has 2 aromatic rings. The van der Waals surface area contributed by atoms with Gasteiger partial charge in [0.05, 0.1) is 5.69 Å². The number of aromatic nitrogens is 2. The Kier molecular flexibility index (Phi) is 1.80. The maximum Gasteiger partial charge on any atom is 0.244 e. The zero-order valence-electron chi connectivity index (χ0n) is 8.27. The fourth-order valence-corrected chi connectivity index (χ4v) is 1.84. The fourth-order valence-electron chi connectivity index (χ4n) is 1.84. The number of fused-ring (bicyclic) bond motifs is 3. The van der Waals surface area contributed by atoms with E-state index in [2.05, 4.69) is 10.3 Å². The number of hydrogen-bond acceptors (Lipinski definition) is 2. The van der Waals surface area contributed by atoms with Crippen molar-refractivity contribution in [1.82, 2.24) is 9.55 Å². The van der Waals surface area contributed by atoms with Crippen LogP contribution in [0.15, 0.2) is 30.6 Å². The van der Waals surface area contributed by atoms with Gasteiger partial charge in [0.2, 0.25) is 5.91 Å². The number of nitrogens with one attached hydrogen (secondary N) is 1. The predicted molar refractivity (Wildman–Crippen MR) is 56.3 cm³/mol. The summed E-state index contributed by atoms with van der Waals surface area (Å²) in [6, 6.07) is 4.24. The van der Waals surface area contributed by atoms with E-state index in [0.717, 1.165) is 0 Å². The van der Waals surface area contributed by atoms with Gasteiger partial charge in [-0.1, -0.05) is 0 Å². The van der Waals surface area contributed by atoms with E-state index in [1.807, 2.05) is 0 Å². The van der Waals surface area contributed by atoms with Crippen molar-refractivity contribution in [2.75, 3.05) is 5.32 Å². The molecule has 16 heavy (non-hydrogen) atoms. The number of benzene rings is 1. The minimum atomic E-state index is -0.343. The Morgan fingerprint density at radius 2 is 2.31 bits per heavy atom. The Morgan fingerprint density at radius 3 is 3.19 bits per heavy atom. The largest absolute Gasteiger partial charge is 0.324 e. The van der Waals surface area contributed by atoms with E-state index in [9.17, 15) is 9.18 Å². The van der Waals surface area contributed by atoms with Crippen molar-refractivity contribution < 1.29 is 9.18 Å². The monoisotopic (exact) mass is 217 g/mol. The maximum absolute atomic E-state index is 13.2. The molecule has 0 spiro atoms. The summed E-state index contributed by atoms with van der Waals surface area (Å²) in [4.78, 5) is 15.7. The Balaban J connectivity index is 2.29. The van der Waals surface area contributed by atoms with Crippen molar-refractivity contribution in [3.05, 3.63) is 36.4 Å². The van der Waals surface area contributed by atoms with Crippen molar-refractivity contribution >= 4 is 11.6 Å². The van der Waals surface area contributed by atoms with E-state index in [1.165, 1.54) is 12.1 Å². The number of nitrogens with zero attached hydrogens (tertiary/aromatic N) is 2. The third kappa shape index (κ3) is 1.29. The van der Waals surface area contributed by atoms with Gasteiger partial charge >= 0.3 is 0 Å². The van der Waals surface area contributed by atoms with Gasteiger partial charge in [-0.05, 0) is 18.2 Å². The molecule has 1 aromatic carbocycles. The van der Waals surface area contributed by atoms with Gasteiger partial charge in [-0.2, -0.15) is 0 Å². The number of halogens is 1. The molecule has 3 rings (SSSR count). The Hall–Kier alpha value is -2.17. The molecule has 4 nitrogen and oxygen atoms in total. The fraction of sp³-hybridized carbons (Fsp3) is 0.0909. The van der Waals surface area contributed by atoms with Gasteiger partial charge in [-0.15, -0.1) is 0 Å². The van der Waals surface area contributed by atoms with Gasteiger partial charge < -0.3 is 9.88 Å². The van der Waals surface area contributed by atoms with E-state index < -0.39 is 0 Å². The highest BCUT2D eigenvalue weighted by atomic mass is 19.1. The van der Waals surface area contributed by atoms with Crippen LogP contribution in [0.2, 0.25) is 0 Å². The van der Waals surface area contributed by atoms with Gasteiger partial charge in [0.1, 0.15) is 18.2 Å². The molecule has 0 radical (unpaired) electrons. The van der Waals surface area contributed by atoms with Crippen molar-refractivity contribution in [2.45, 2.75) is 6.54 Å². The van der Waals surface area contributed by atoms with Gasteiger partial charge in [-0.25, -0.2) is 9.37 Å². The smallest absolute Gasteiger partial charge is 0.244 e. The molecule has 0 fully saturated rings. The Labute approximate surface area is 90.7 Å². The predicted octanol–water partition coefficient (Wildman–Crippen LogP) is 1.64. The van der Waals surface area contributed by atoms with Crippen molar-refractivity contribution in [3.63, 3.8) is 0 Å². The van der Waals surface area contributed by atoms with Crippen LogP contribution in [0.1, 0.15) is 0 Å². The summed E-state index contributed by atoms with van der Waals surface area (Å²) in [5, 5.41) is 2.72. The first kappa shape index (κ1) is 9.08. The molecule has 0 bridgehead atoms. The molecule has 1 N–H and O–H groups in total. The second kappa shape index (κ2) is 3.16. The maximum atomic E-state index is 13.2. The molecule has 0 saturated carbocycles.